The van der Waals surface area contributed by atoms with Gasteiger partial charge in [-0.15, -0.1) is 0 Å². The van der Waals surface area contributed by atoms with Crippen molar-refractivity contribution in [3.05, 3.63) is 35.1 Å². The summed E-state index contributed by atoms with van der Waals surface area (Å²) < 4.78 is 13.7. The van der Waals surface area contributed by atoms with E-state index in [2.05, 4.69) is 18.7 Å². The average molecular weight is 279 g/mol. The first kappa shape index (κ1) is 15.5. The molecule has 1 N–H and O–H groups in total. The summed E-state index contributed by atoms with van der Waals surface area (Å²) in [6, 6.07) is 5.05. The van der Waals surface area contributed by atoms with E-state index in [4.69, 9.17) is 0 Å². The molecule has 0 bridgehead atoms. The molecule has 1 aliphatic heterocycles. The summed E-state index contributed by atoms with van der Waals surface area (Å²) in [5.41, 5.74) is 0.919. The number of benzene rings is 1. The van der Waals surface area contributed by atoms with Crippen LogP contribution >= 0.6 is 0 Å². The second kappa shape index (κ2) is 6.23. The van der Waals surface area contributed by atoms with Crippen molar-refractivity contribution in [2.75, 3.05) is 13.1 Å². The molecule has 0 saturated carbocycles. The molecule has 0 aromatic heterocycles. The molecule has 20 heavy (non-hydrogen) atoms. The van der Waals surface area contributed by atoms with E-state index >= 15 is 0 Å². The Kier molecular flexibility index (Phi) is 4.82. The van der Waals surface area contributed by atoms with Crippen molar-refractivity contribution in [2.45, 2.75) is 58.1 Å². The van der Waals surface area contributed by atoms with E-state index in [1.54, 1.807) is 13.0 Å². The minimum Gasteiger partial charge on any atom is -0.386 e. The van der Waals surface area contributed by atoms with Gasteiger partial charge in [-0.2, -0.15) is 0 Å². The molecule has 0 spiro atoms. The van der Waals surface area contributed by atoms with E-state index in [1.165, 1.54) is 31.7 Å². The van der Waals surface area contributed by atoms with Crippen LogP contribution in [0.5, 0.6) is 0 Å². The maximum Gasteiger partial charge on any atom is 0.126 e. The molecule has 112 valence electrons. The Morgan fingerprint density at radius 3 is 2.30 bits per heavy atom. The number of nitrogens with zero attached hydrogens (tertiary/aromatic N) is 1. The summed E-state index contributed by atoms with van der Waals surface area (Å²) in [5.74, 6) is -0.242. The number of hydrogen-bond acceptors (Lipinski definition) is 2. The molecule has 1 aromatic rings. The zero-order valence-corrected chi connectivity index (χ0v) is 12.8. The minimum atomic E-state index is -0.671. The highest BCUT2D eigenvalue weighted by molar-refractivity contribution is 5.26. The molecule has 1 heterocycles. The normalized spacial score (nSPS) is 19.6. The van der Waals surface area contributed by atoms with Crippen molar-refractivity contribution in [1.82, 2.24) is 4.90 Å². The monoisotopic (exact) mass is 279 g/mol. The summed E-state index contributed by atoms with van der Waals surface area (Å²) >= 11 is 0. The fourth-order valence-electron chi connectivity index (χ4n) is 3.01. The molecule has 1 saturated heterocycles. The number of aryl methyl sites for hydroxylation is 1. The van der Waals surface area contributed by atoms with Gasteiger partial charge in [0.1, 0.15) is 5.82 Å². The fourth-order valence-corrected chi connectivity index (χ4v) is 3.01. The van der Waals surface area contributed by atoms with E-state index in [9.17, 15) is 9.50 Å². The summed E-state index contributed by atoms with van der Waals surface area (Å²) in [5, 5.41) is 10.7. The van der Waals surface area contributed by atoms with E-state index in [0.29, 0.717) is 11.1 Å². The first-order valence-electron chi connectivity index (χ1n) is 7.62. The van der Waals surface area contributed by atoms with Crippen LogP contribution in [0.15, 0.2) is 18.2 Å². The predicted molar refractivity (Wildman–Crippen MR) is 80.2 cm³/mol. The van der Waals surface area contributed by atoms with Crippen LogP contribution in [0.1, 0.15) is 56.8 Å². The Labute approximate surface area is 121 Å². The van der Waals surface area contributed by atoms with Crippen LogP contribution in [0, 0.1) is 12.7 Å². The molecule has 1 aromatic carbocycles. The van der Waals surface area contributed by atoms with Crippen molar-refractivity contribution in [2.24, 2.45) is 0 Å². The van der Waals surface area contributed by atoms with Crippen LogP contribution in [-0.2, 0) is 0 Å². The Hall–Kier alpha value is -0.930. The van der Waals surface area contributed by atoms with Crippen LogP contribution in [0.25, 0.3) is 0 Å². The van der Waals surface area contributed by atoms with Gasteiger partial charge >= 0.3 is 0 Å². The van der Waals surface area contributed by atoms with Crippen molar-refractivity contribution in [3.63, 3.8) is 0 Å². The molecule has 2 nitrogen and oxygen atoms in total. The van der Waals surface area contributed by atoms with Crippen LogP contribution in [-0.4, -0.2) is 28.6 Å². The van der Waals surface area contributed by atoms with Crippen molar-refractivity contribution in [3.8, 4) is 0 Å². The highest BCUT2D eigenvalue weighted by atomic mass is 19.1. The van der Waals surface area contributed by atoms with Gasteiger partial charge in [-0.3, -0.25) is 4.90 Å². The van der Waals surface area contributed by atoms with Crippen molar-refractivity contribution < 1.29 is 9.50 Å². The van der Waals surface area contributed by atoms with Crippen LogP contribution in [0.4, 0.5) is 4.39 Å². The number of halogens is 1. The molecule has 1 atom stereocenters. The topological polar surface area (TPSA) is 23.5 Å². The maximum absolute atomic E-state index is 13.7. The molecule has 3 heteroatoms. The van der Waals surface area contributed by atoms with Gasteiger partial charge in [0.15, 0.2) is 0 Å². The molecule has 1 unspecified atom stereocenters. The average Bonchev–Trinajstić information content (AvgIpc) is 2.70. The number of likely N-dealkylation sites (tertiary alicyclic amines) is 1. The molecule has 0 radical (unpaired) electrons. The minimum absolute atomic E-state index is 0.242. The van der Waals surface area contributed by atoms with Crippen LogP contribution < -0.4 is 0 Å². The van der Waals surface area contributed by atoms with E-state index in [-0.39, 0.29) is 11.4 Å². The van der Waals surface area contributed by atoms with Gasteiger partial charge in [0, 0.05) is 5.54 Å². The van der Waals surface area contributed by atoms with Gasteiger partial charge in [-0.1, -0.05) is 25.0 Å². The summed E-state index contributed by atoms with van der Waals surface area (Å²) in [7, 11) is 0. The fraction of sp³-hybridized carbons (Fsp3) is 0.647. The Bertz CT molecular complexity index is 450. The first-order valence-corrected chi connectivity index (χ1v) is 7.62. The largest absolute Gasteiger partial charge is 0.386 e. The zero-order valence-electron chi connectivity index (χ0n) is 12.8. The maximum atomic E-state index is 13.7. The van der Waals surface area contributed by atoms with Crippen molar-refractivity contribution >= 4 is 0 Å². The quantitative estimate of drug-likeness (QED) is 0.909. The van der Waals surface area contributed by atoms with E-state index < -0.39 is 6.10 Å². The van der Waals surface area contributed by atoms with Gasteiger partial charge in [-0.25, -0.2) is 4.39 Å². The number of hydrogen-bond donors (Lipinski definition) is 1. The lowest BCUT2D eigenvalue weighted by molar-refractivity contribution is -0.0101. The Morgan fingerprint density at radius 1 is 1.15 bits per heavy atom. The Morgan fingerprint density at radius 2 is 1.75 bits per heavy atom. The molecular formula is C17H26FNO. The van der Waals surface area contributed by atoms with Gasteiger partial charge in [0.2, 0.25) is 0 Å². The second-order valence-electron chi connectivity index (χ2n) is 6.47. The number of rotatable bonds is 3. The predicted octanol–water partition coefficient (Wildman–Crippen LogP) is 3.82. The lowest BCUT2D eigenvalue weighted by Gasteiger charge is -2.41. The SMILES string of the molecule is Cc1ccc(C(O)C(C)(C)N2CCCCCC2)cc1F. The third kappa shape index (κ3) is 3.21. The lowest BCUT2D eigenvalue weighted by Crippen LogP contribution is -2.48. The second-order valence-corrected chi connectivity index (χ2v) is 6.47. The van der Waals surface area contributed by atoms with Crippen LogP contribution in [0.2, 0.25) is 0 Å². The van der Waals surface area contributed by atoms with Gasteiger partial charge in [-0.05, 0) is 63.9 Å². The molecular weight excluding hydrogens is 253 g/mol. The molecule has 1 aliphatic rings. The summed E-state index contributed by atoms with van der Waals surface area (Å²) in [6.07, 6.45) is 4.22. The third-order valence-electron chi connectivity index (χ3n) is 4.60. The Balaban J connectivity index is 2.20. The smallest absolute Gasteiger partial charge is 0.126 e. The molecule has 0 amide bonds. The van der Waals surface area contributed by atoms with Gasteiger partial charge in [0.25, 0.3) is 0 Å². The third-order valence-corrected chi connectivity index (χ3v) is 4.60. The van der Waals surface area contributed by atoms with Gasteiger partial charge in [0.05, 0.1) is 6.10 Å². The lowest BCUT2D eigenvalue weighted by atomic mass is 9.88. The van der Waals surface area contributed by atoms with Crippen LogP contribution in [0.3, 0.4) is 0 Å². The standard InChI is InChI=1S/C17H26FNO/c1-13-8-9-14(12-15(13)18)16(20)17(2,3)19-10-6-4-5-7-11-19/h8-9,12,16,20H,4-7,10-11H2,1-3H3. The first-order chi connectivity index (χ1) is 9.43. The van der Waals surface area contributed by atoms with E-state index in [0.717, 1.165) is 13.1 Å². The summed E-state index contributed by atoms with van der Waals surface area (Å²) in [4.78, 5) is 2.35. The number of aliphatic hydroxyl groups is 1. The zero-order chi connectivity index (χ0) is 14.8. The molecule has 0 aliphatic carbocycles. The van der Waals surface area contributed by atoms with E-state index in [1.807, 2.05) is 6.07 Å². The highest BCUT2D eigenvalue weighted by Gasteiger charge is 2.35. The highest BCUT2D eigenvalue weighted by Crippen LogP contribution is 2.33. The molecule has 2 rings (SSSR count). The van der Waals surface area contributed by atoms with Crippen molar-refractivity contribution in [1.29, 1.82) is 0 Å². The van der Waals surface area contributed by atoms with Gasteiger partial charge < -0.3 is 5.11 Å². The molecule has 1 fully saturated rings. The number of aliphatic hydroxyl groups excluding tert-OH is 1. The summed E-state index contributed by atoms with van der Waals surface area (Å²) in [6.45, 7) is 7.88.